The van der Waals surface area contributed by atoms with E-state index in [9.17, 15) is 8.78 Å². The molecule has 100 valence electrons. The lowest BCUT2D eigenvalue weighted by Gasteiger charge is -2.13. The highest BCUT2D eigenvalue weighted by Gasteiger charge is 2.12. The van der Waals surface area contributed by atoms with Crippen molar-refractivity contribution in [3.63, 3.8) is 0 Å². The predicted octanol–water partition coefficient (Wildman–Crippen LogP) is 3.65. The van der Waals surface area contributed by atoms with Crippen molar-refractivity contribution < 1.29 is 13.5 Å². The van der Waals surface area contributed by atoms with Gasteiger partial charge in [-0.25, -0.2) is 8.78 Å². The van der Waals surface area contributed by atoms with Crippen LogP contribution in [0.15, 0.2) is 42.5 Å². The van der Waals surface area contributed by atoms with Crippen LogP contribution in [0, 0.1) is 11.6 Å². The minimum absolute atomic E-state index is 0.188. The Morgan fingerprint density at radius 2 is 1.89 bits per heavy atom. The van der Waals surface area contributed by atoms with Crippen LogP contribution in [0.1, 0.15) is 12.5 Å². The first kappa shape index (κ1) is 13.5. The summed E-state index contributed by atoms with van der Waals surface area (Å²) in [6, 6.07) is 10.1. The Bertz CT molecular complexity index is 570. The highest BCUT2D eigenvalue weighted by molar-refractivity contribution is 5.39. The predicted molar refractivity (Wildman–Crippen MR) is 70.2 cm³/mol. The number of halogens is 2. The molecule has 0 aromatic heterocycles. The summed E-state index contributed by atoms with van der Waals surface area (Å²) in [5.41, 5.74) is 6.10. The van der Waals surface area contributed by atoms with Gasteiger partial charge in [-0.15, -0.1) is 0 Å². The van der Waals surface area contributed by atoms with Gasteiger partial charge in [0.05, 0.1) is 0 Å². The zero-order chi connectivity index (χ0) is 13.8. The van der Waals surface area contributed by atoms with E-state index in [1.165, 1.54) is 24.3 Å². The van der Waals surface area contributed by atoms with Crippen LogP contribution in [0.3, 0.4) is 0 Å². The lowest BCUT2D eigenvalue weighted by molar-refractivity contribution is 0.459. The van der Waals surface area contributed by atoms with Gasteiger partial charge in [-0.05, 0) is 37.6 Å². The quantitative estimate of drug-likeness (QED) is 0.913. The molecule has 0 aliphatic carbocycles. The number of hydrogen-bond donors (Lipinski definition) is 1. The Kier molecular flexibility index (Phi) is 4.12. The maximum absolute atomic E-state index is 13.8. The molecule has 4 heteroatoms. The fourth-order valence-corrected chi connectivity index (χ4v) is 1.81. The van der Waals surface area contributed by atoms with Crippen molar-refractivity contribution in [2.75, 3.05) is 0 Å². The highest BCUT2D eigenvalue weighted by Crippen LogP contribution is 2.28. The van der Waals surface area contributed by atoms with E-state index in [4.69, 9.17) is 10.5 Å². The van der Waals surface area contributed by atoms with Crippen molar-refractivity contribution >= 4 is 0 Å². The van der Waals surface area contributed by atoms with E-state index < -0.39 is 5.82 Å². The molecule has 2 N–H and O–H groups in total. The van der Waals surface area contributed by atoms with E-state index in [0.717, 1.165) is 0 Å². The molecule has 19 heavy (non-hydrogen) atoms. The third kappa shape index (κ3) is 3.51. The molecule has 0 heterocycles. The van der Waals surface area contributed by atoms with Crippen LogP contribution in [0.4, 0.5) is 8.78 Å². The summed E-state index contributed by atoms with van der Waals surface area (Å²) in [5.74, 6) is -0.0757. The van der Waals surface area contributed by atoms with Gasteiger partial charge < -0.3 is 10.5 Å². The summed E-state index contributed by atoms with van der Waals surface area (Å²) in [7, 11) is 0. The molecule has 2 aromatic rings. The highest BCUT2D eigenvalue weighted by atomic mass is 19.1. The summed E-state index contributed by atoms with van der Waals surface area (Å²) >= 11 is 0. The first-order valence-electron chi connectivity index (χ1n) is 6.02. The van der Waals surface area contributed by atoms with Gasteiger partial charge in [0.1, 0.15) is 23.1 Å². The van der Waals surface area contributed by atoms with Crippen LogP contribution in [-0.4, -0.2) is 6.04 Å². The van der Waals surface area contributed by atoms with E-state index in [0.29, 0.717) is 23.5 Å². The zero-order valence-electron chi connectivity index (χ0n) is 10.6. The first-order chi connectivity index (χ1) is 9.06. The molecule has 0 saturated heterocycles. The second-order valence-electron chi connectivity index (χ2n) is 4.46. The first-order valence-corrected chi connectivity index (χ1v) is 6.02. The zero-order valence-corrected chi connectivity index (χ0v) is 10.6. The Morgan fingerprint density at radius 1 is 1.16 bits per heavy atom. The molecule has 0 fully saturated rings. The lowest BCUT2D eigenvalue weighted by atomic mass is 10.1. The monoisotopic (exact) mass is 263 g/mol. The van der Waals surface area contributed by atoms with Gasteiger partial charge in [0.25, 0.3) is 0 Å². The summed E-state index contributed by atoms with van der Waals surface area (Å²) < 4.78 is 32.4. The molecule has 2 nitrogen and oxygen atoms in total. The normalized spacial score (nSPS) is 12.2. The van der Waals surface area contributed by atoms with Crippen LogP contribution in [0.5, 0.6) is 11.5 Å². The lowest BCUT2D eigenvalue weighted by Crippen LogP contribution is -2.19. The molecule has 0 saturated carbocycles. The van der Waals surface area contributed by atoms with Crippen LogP contribution < -0.4 is 10.5 Å². The molecule has 1 unspecified atom stereocenters. The summed E-state index contributed by atoms with van der Waals surface area (Å²) in [4.78, 5) is 0. The van der Waals surface area contributed by atoms with Crippen molar-refractivity contribution in [3.05, 3.63) is 59.7 Å². The van der Waals surface area contributed by atoms with Gasteiger partial charge in [-0.1, -0.05) is 12.1 Å². The smallest absolute Gasteiger partial charge is 0.133 e. The van der Waals surface area contributed by atoms with E-state index in [2.05, 4.69) is 0 Å². The molecule has 0 aliphatic rings. The van der Waals surface area contributed by atoms with Gasteiger partial charge in [-0.2, -0.15) is 0 Å². The fraction of sp³-hybridized carbons (Fsp3) is 0.200. The average Bonchev–Trinajstić information content (AvgIpc) is 2.33. The van der Waals surface area contributed by atoms with Crippen LogP contribution in [-0.2, 0) is 6.42 Å². The van der Waals surface area contributed by atoms with Gasteiger partial charge in [-0.3, -0.25) is 0 Å². The molecule has 0 bridgehead atoms. The van der Waals surface area contributed by atoms with Crippen LogP contribution in [0.2, 0.25) is 0 Å². The van der Waals surface area contributed by atoms with E-state index in [-0.39, 0.29) is 11.9 Å². The molecule has 2 rings (SSSR count). The Hall–Kier alpha value is -1.94. The van der Waals surface area contributed by atoms with Gasteiger partial charge in [0.2, 0.25) is 0 Å². The number of ether oxygens (including phenoxy) is 1. The third-order valence-electron chi connectivity index (χ3n) is 2.63. The van der Waals surface area contributed by atoms with Gasteiger partial charge >= 0.3 is 0 Å². The SMILES string of the molecule is CC(N)Cc1c(F)cccc1Oc1cccc(F)c1. The van der Waals surface area contributed by atoms with Crippen molar-refractivity contribution in [3.8, 4) is 11.5 Å². The molecule has 0 aliphatic heterocycles. The second kappa shape index (κ2) is 5.80. The third-order valence-corrected chi connectivity index (χ3v) is 2.63. The van der Waals surface area contributed by atoms with Crippen LogP contribution in [0.25, 0.3) is 0 Å². The number of nitrogens with two attached hydrogens (primary N) is 1. The number of rotatable bonds is 4. The van der Waals surface area contributed by atoms with Crippen molar-refractivity contribution in [1.82, 2.24) is 0 Å². The van der Waals surface area contributed by atoms with Crippen molar-refractivity contribution in [2.45, 2.75) is 19.4 Å². The molecule has 1 atom stereocenters. The van der Waals surface area contributed by atoms with Crippen molar-refractivity contribution in [2.24, 2.45) is 5.73 Å². The summed E-state index contributed by atoms with van der Waals surface area (Å²) in [5, 5.41) is 0. The Labute approximate surface area is 110 Å². The molecular weight excluding hydrogens is 248 g/mol. The molecule has 0 amide bonds. The molecule has 0 spiro atoms. The minimum atomic E-state index is -0.400. The second-order valence-corrected chi connectivity index (χ2v) is 4.46. The summed E-state index contributed by atoms with van der Waals surface area (Å²) in [6.07, 6.45) is 0.358. The van der Waals surface area contributed by atoms with Gasteiger partial charge in [0.15, 0.2) is 0 Å². The maximum Gasteiger partial charge on any atom is 0.133 e. The molecule has 2 aromatic carbocycles. The van der Waals surface area contributed by atoms with Crippen LogP contribution >= 0.6 is 0 Å². The topological polar surface area (TPSA) is 35.2 Å². The van der Waals surface area contributed by atoms with E-state index >= 15 is 0 Å². The van der Waals surface area contributed by atoms with E-state index in [1.54, 1.807) is 25.1 Å². The molecular formula is C15H15F2NO. The fourth-order valence-electron chi connectivity index (χ4n) is 1.81. The van der Waals surface area contributed by atoms with E-state index in [1.807, 2.05) is 0 Å². The Morgan fingerprint density at radius 3 is 2.58 bits per heavy atom. The van der Waals surface area contributed by atoms with Gasteiger partial charge in [0, 0.05) is 17.7 Å². The Balaban J connectivity index is 2.31. The minimum Gasteiger partial charge on any atom is -0.457 e. The molecule has 0 radical (unpaired) electrons. The average molecular weight is 263 g/mol. The largest absolute Gasteiger partial charge is 0.457 e. The summed E-state index contributed by atoms with van der Waals surface area (Å²) in [6.45, 7) is 1.79. The standard InChI is InChI=1S/C15H15F2NO/c1-10(18)8-13-14(17)6-3-7-15(13)19-12-5-2-4-11(16)9-12/h2-7,9-10H,8,18H2,1H3. The maximum atomic E-state index is 13.8. The number of hydrogen-bond acceptors (Lipinski definition) is 2. The van der Waals surface area contributed by atoms with Crippen molar-refractivity contribution in [1.29, 1.82) is 0 Å². The number of benzene rings is 2.